The van der Waals surface area contributed by atoms with Crippen LogP contribution in [0, 0.1) is 5.41 Å². The Kier molecular flexibility index (Phi) is 12.7. The highest BCUT2D eigenvalue weighted by Gasteiger charge is 2.34. The van der Waals surface area contributed by atoms with Gasteiger partial charge in [-0.25, -0.2) is 0 Å². The van der Waals surface area contributed by atoms with Crippen LogP contribution in [-0.4, -0.2) is 46.9 Å². The first-order valence-corrected chi connectivity index (χ1v) is 11.2. The molecule has 1 unspecified atom stereocenters. The predicted octanol–water partition coefficient (Wildman–Crippen LogP) is 5.24. The fourth-order valence-corrected chi connectivity index (χ4v) is 4.40. The van der Waals surface area contributed by atoms with E-state index in [0.29, 0.717) is 12.0 Å². The summed E-state index contributed by atoms with van der Waals surface area (Å²) in [4.78, 5) is 6.93. The van der Waals surface area contributed by atoms with Crippen molar-refractivity contribution in [2.45, 2.75) is 32.5 Å². The van der Waals surface area contributed by atoms with Gasteiger partial charge in [0.25, 0.3) is 0 Å². The van der Waals surface area contributed by atoms with E-state index >= 15 is 0 Å². The molecule has 1 fully saturated rings. The summed E-state index contributed by atoms with van der Waals surface area (Å²) in [6, 6.07) is 32.1. The van der Waals surface area contributed by atoms with Gasteiger partial charge in [-0.1, -0.05) is 78.9 Å². The minimum atomic E-state index is 0. The Morgan fingerprint density at radius 3 is 1.74 bits per heavy atom. The van der Waals surface area contributed by atoms with E-state index in [9.17, 15) is 0 Å². The van der Waals surface area contributed by atoms with Gasteiger partial charge in [0, 0.05) is 38.4 Å². The number of nitrogens with zero attached hydrogens (tertiary/aromatic N) is 3. The van der Waals surface area contributed by atoms with Crippen LogP contribution in [0.4, 0.5) is 5.69 Å². The van der Waals surface area contributed by atoms with Gasteiger partial charge in [0.15, 0.2) is 5.96 Å². The highest BCUT2D eigenvalue weighted by Crippen LogP contribution is 2.26. The van der Waals surface area contributed by atoms with Crippen LogP contribution in [0.1, 0.15) is 24.5 Å². The minimum Gasteiger partial charge on any atom is -0.412 e. The van der Waals surface area contributed by atoms with E-state index in [4.69, 9.17) is 5.41 Å². The number of hydrogen-bond donors (Lipinski definition) is 1. The van der Waals surface area contributed by atoms with Crippen molar-refractivity contribution in [2.24, 2.45) is 0 Å². The van der Waals surface area contributed by atoms with E-state index in [1.54, 1.807) is 0 Å². The number of para-hydroxylation sites is 1. The average Bonchev–Trinajstić information content (AvgIpc) is 3.14. The molecule has 4 rings (SSSR count). The molecule has 3 N–H and O–H groups in total. The molecule has 184 valence electrons. The lowest BCUT2D eigenvalue weighted by Gasteiger charge is -2.28. The largest absolute Gasteiger partial charge is 0.412 e. The monoisotopic (exact) mass is 502 g/mol. The lowest BCUT2D eigenvalue weighted by molar-refractivity contribution is 0.245. The van der Waals surface area contributed by atoms with E-state index < -0.39 is 0 Å². The SMILES string of the molecule is CCN1CC(CCN(Cc2ccccc2)Cc2ccccc2)N(c2ccccc2)C1=N.Cl.Cl.O. The molecule has 0 bridgehead atoms. The van der Waals surface area contributed by atoms with Gasteiger partial charge < -0.3 is 15.3 Å². The molecule has 0 amide bonds. The predicted molar refractivity (Wildman–Crippen MR) is 147 cm³/mol. The number of hydrogen-bond acceptors (Lipinski definition) is 2. The van der Waals surface area contributed by atoms with Gasteiger partial charge in [0.05, 0.1) is 6.04 Å². The Hall–Kier alpha value is -2.57. The normalized spacial score (nSPS) is 14.9. The van der Waals surface area contributed by atoms with Crippen molar-refractivity contribution in [2.75, 3.05) is 24.5 Å². The lowest BCUT2D eigenvalue weighted by Crippen LogP contribution is -2.37. The highest BCUT2D eigenvalue weighted by atomic mass is 35.5. The van der Waals surface area contributed by atoms with Crippen LogP contribution in [0.15, 0.2) is 91.0 Å². The Bertz CT molecular complexity index is 919. The van der Waals surface area contributed by atoms with E-state index in [-0.39, 0.29) is 30.3 Å². The van der Waals surface area contributed by atoms with Crippen molar-refractivity contribution in [3.8, 4) is 0 Å². The molecule has 0 aromatic heterocycles. The van der Waals surface area contributed by atoms with Gasteiger partial charge in [0.2, 0.25) is 0 Å². The number of guanidine groups is 1. The first-order valence-electron chi connectivity index (χ1n) is 11.2. The van der Waals surface area contributed by atoms with Gasteiger partial charge in [0.1, 0.15) is 0 Å². The molecular weight excluding hydrogens is 467 g/mol. The molecule has 0 aliphatic carbocycles. The lowest BCUT2D eigenvalue weighted by atomic mass is 10.1. The standard InChI is InChI=1S/C27H32N4.2ClH.H2O/c1-2-30-22-26(31(27(30)28)25-16-10-5-11-17-25)18-19-29(20-23-12-6-3-7-13-23)21-24-14-8-4-9-15-24;;;/h3-17,26,28H,2,18-22H2,1H3;2*1H;1H2. The molecule has 1 saturated heterocycles. The summed E-state index contributed by atoms with van der Waals surface area (Å²) in [5.74, 6) is 0.622. The number of benzene rings is 3. The Morgan fingerprint density at radius 1 is 0.794 bits per heavy atom. The topological polar surface area (TPSA) is 65.1 Å². The Labute approximate surface area is 216 Å². The maximum Gasteiger partial charge on any atom is 0.198 e. The molecule has 0 saturated carbocycles. The van der Waals surface area contributed by atoms with Crippen molar-refractivity contribution >= 4 is 36.5 Å². The summed E-state index contributed by atoms with van der Waals surface area (Å²) in [6.45, 7) is 6.77. The molecule has 5 nitrogen and oxygen atoms in total. The van der Waals surface area contributed by atoms with Gasteiger partial charge >= 0.3 is 0 Å². The summed E-state index contributed by atoms with van der Waals surface area (Å²) in [7, 11) is 0. The quantitative estimate of drug-likeness (QED) is 0.434. The summed E-state index contributed by atoms with van der Waals surface area (Å²) in [6.07, 6.45) is 1.02. The number of nitrogens with one attached hydrogen (secondary N) is 1. The van der Waals surface area contributed by atoms with Crippen LogP contribution >= 0.6 is 24.8 Å². The second-order valence-electron chi connectivity index (χ2n) is 8.19. The maximum absolute atomic E-state index is 8.71. The molecule has 0 spiro atoms. The van der Waals surface area contributed by atoms with Crippen molar-refractivity contribution in [1.29, 1.82) is 5.41 Å². The molecule has 1 aliphatic heterocycles. The zero-order valence-corrected chi connectivity index (χ0v) is 21.3. The Morgan fingerprint density at radius 2 is 1.26 bits per heavy atom. The third-order valence-corrected chi connectivity index (χ3v) is 6.02. The number of likely N-dealkylation sites (N-methyl/N-ethyl adjacent to an activating group) is 1. The van der Waals surface area contributed by atoms with E-state index in [1.807, 2.05) is 6.07 Å². The van der Waals surface area contributed by atoms with Gasteiger partial charge in [-0.3, -0.25) is 10.3 Å². The maximum atomic E-state index is 8.71. The van der Waals surface area contributed by atoms with Gasteiger partial charge in [-0.05, 0) is 36.6 Å². The molecular formula is C27H36Cl2N4O. The molecule has 3 aromatic carbocycles. The van der Waals surface area contributed by atoms with Crippen molar-refractivity contribution in [3.05, 3.63) is 102 Å². The average molecular weight is 504 g/mol. The van der Waals surface area contributed by atoms with Crippen LogP contribution in [-0.2, 0) is 13.1 Å². The number of anilines is 1. The molecule has 1 heterocycles. The van der Waals surface area contributed by atoms with Crippen molar-refractivity contribution in [1.82, 2.24) is 9.80 Å². The third-order valence-electron chi connectivity index (χ3n) is 6.02. The Balaban J connectivity index is 0.00000193. The van der Waals surface area contributed by atoms with E-state index in [1.165, 1.54) is 11.1 Å². The molecule has 7 heteroatoms. The molecule has 34 heavy (non-hydrogen) atoms. The molecule has 3 aromatic rings. The highest BCUT2D eigenvalue weighted by molar-refractivity contribution is 5.96. The first-order chi connectivity index (χ1) is 15.2. The number of rotatable bonds is 9. The second-order valence-corrected chi connectivity index (χ2v) is 8.19. The van der Waals surface area contributed by atoms with Crippen LogP contribution in [0.5, 0.6) is 0 Å². The smallest absolute Gasteiger partial charge is 0.198 e. The summed E-state index contributed by atoms with van der Waals surface area (Å²) in [5.41, 5.74) is 3.80. The van der Waals surface area contributed by atoms with Gasteiger partial charge in [-0.2, -0.15) is 0 Å². The zero-order valence-electron chi connectivity index (χ0n) is 19.6. The fraction of sp³-hybridized carbons (Fsp3) is 0.296. The fourth-order valence-electron chi connectivity index (χ4n) is 4.40. The summed E-state index contributed by atoms with van der Waals surface area (Å²) < 4.78 is 0. The molecule has 1 atom stereocenters. The summed E-state index contributed by atoms with van der Waals surface area (Å²) >= 11 is 0. The second kappa shape index (κ2) is 14.6. The molecule has 1 aliphatic rings. The number of halogens is 2. The van der Waals surface area contributed by atoms with E-state index in [0.717, 1.165) is 44.8 Å². The van der Waals surface area contributed by atoms with Crippen molar-refractivity contribution in [3.63, 3.8) is 0 Å². The summed E-state index contributed by atoms with van der Waals surface area (Å²) in [5, 5.41) is 8.71. The van der Waals surface area contributed by atoms with Crippen LogP contribution in [0.3, 0.4) is 0 Å². The minimum absolute atomic E-state index is 0. The van der Waals surface area contributed by atoms with E-state index in [2.05, 4.69) is 107 Å². The first kappa shape index (κ1) is 29.5. The van der Waals surface area contributed by atoms with Crippen LogP contribution in [0.2, 0.25) is 0 Å². The third kappa shape index (κ3) is 7.47. The molecule has 0 radical (unpaired) electrons. The van der Waals surface area contributed by atoms with Crippen LogP contribution in [0.25, 0.3) is 0 Å². The van der Waals surface area contributed by atoms with Gasteiger partial charge in [-0.15, -0.1) is 24.8 Å². The van der Waals surface area contributed by atoms with Crippen LogP contribution < -0.4 is 4.90 Å². The van der Waals surface area contributed by atoms with Crippen molar-refractivity contribution < 1.29 is 5.48 Å². The zero-order chi connectivity index (χ0) is 21.5.